The van der Waals surface area contributed by atoms with Gasteiger partial charge in [0, 0.05) is 18.3 Å². The highest BCUT2D eigenvalue weighted by Gasteiger charge is 2.04. The van der Waals surface area contributed by atoms with Crippen molar-refractivity contribution in [1.82, 2.24) is 14.8 Å². The number of alkyl halides is 1. The summed E-state index contributed by atoms with van der Waals surface area (Å²) >= 11 is 5.88. The van der Waals surface area contributed by atoms with Crippen LogP contribution in [0.1, 0.15) is 38.9 Å². The van der Waals surface area contributed by atoms with Crippen LogP contribution in [0.5, 0.6) is 0 Å². The van der Waals surface area contributed by atoms with Crippen LogP contribution in [0, 0.1) is 0 Å². The maximum Gasteiger partial charge on any atom is 0.138 e. The molecule has 0 aromatic carbocycles. The van der Waals surface area contributed by atoms with Crippen molar-refractivity contribution in [2.45, 2.75) is 51.5 Å². The summed E-state index contributed by atoms with van der Waals surface area (Å²) in [5, 5.41) is 4.44. The minimum Gasteiger partial charge on any atom is -0.250 e. The van der Waals surface area contributed by atoms with Crippen LogP contribution in [0.2, 0.25) is 0 Å². The van der Waals surface area contributed by atoms with Crippen LogP contribution in [0.15, 0.2) is 6.33 Å². The smallest absolute Gasteiger partial charge is 0.138 e. The molecule has 3 nitrogen and oxygen atoms in total. The summed E-state index contributed by atoms with van der Waals surface area (Å²) in [5.41, 5.74) is 0. The molecule has 1 unspecified atom stereocenters. The monoisotopic (exact) mass is 215 g/mol. The van der Waals surface area contributed by atoms with Crippen molar-refractivity contribution in [3.8, 4) is 0 Å². The predicted molar refractivity (Wildman–Crippen MR) is 58.6 cm³/mol. The first kappa shape index (κ1) is 11.5. The van der Waals surface area contributed by atoms with Gasteiger partial charge in [0.25, 0.3) is 0 Å². The molecule has 0 aliphatic heterocycles. The fourth-order valence-corrected chi connectivity index (χ4v) is 1.58. The molecule has 4 heteroatoms. The van der Waals surface area contributed by atoms with E-state index < -0.39 is 0 Å². The van der Waals surface area contributed by atoms with Gasteiger partial charge >= 0.3 is 0 Å². The van der Waals surface area contributed by atoms with E-state index in [2.05, 4.69) is 17.0 Å². The van der Waals surface area contributed by atoms with E-state index in [1.165, 1.54) is 0 Å². The molecule has 0 amide bonds. The lowest BCUT2D eigenvalue weighted by Gasteiger charge is -2.04. The summed E-state index contributed by atoms with van der Waals surface area (Å²) < 4.78 is 1.99. The fourth-order valence-electron chi connectivity index (χ4n) is 1.42. The Morgan fingerprint density at radius 1 is 1.57 bits per heavy atom. The van der Waals surface area contributed by atoms with Crippen molar-refractivity contribution in [3.63, 3.8) is 0 Å². The normalized spacial score (nSPS) is 13.1. The van der Waals surface area contributed by atoms with Gasteiger partial charge in [-0.25, -0.2) is 4.98 Å². The first-order chi connectivity index (χ1) is 6.74. The van der Waals surface area contributed by atoms with Crippen LogP contribution in [0.25, 0.3) is 0 Å². The van der Waals surface area contributed by atoms with Gasteiger partial charge in [0.05, 0.1) is 0 Å². The zero-order valence-electron chi connectivity index (χ0n) is 8.91. The third kappa shape index (κ3) is 3.66. The van der Waals surface area contributed by atoms with E-state index in [1.54, 1.807) is 6.33 Å². The molecule has 0 spiro atoms. The largest absolute Gasteiger partial charge is 0.250 e. The summed E-state index contributed by atoms with van der Waals surface area (Å²) in [4.78, 5) is 4.24. The highest BCUT2D eigenvalue weighted by atomic mass is 35.5. The van der Waals surface area contributed by atoms with E-state index in [1.807, 2.05) is 11.6 Å². The Kier molecular flexibility index (Phi) is 4.94. The summed E-state index contributed by atoms with van der Waals surface area (Å²) in [6, 6.07) is 0. The van der Waals surface area contributed by atoms with Crippen LogP contribution in [-0.4, -0.2) is 20.1 Å². The van der Waals surface area contributed by atoms with Crippen LogP contribution < -0.4 is 0 Å². The minimum atomic E-state index is 0.262. The number of aromatic nitrogens is 3. The van der Waals surface area contributed by atoms with Crippen molar-refractivity contribution in [2.24, 2.45) is 0 Å². The Morgan fingerprint density at radius 2 is 2.36 bits per heavy atom. The topological polar surface area (TPSA) is 30.7 Å². The Labute approximate surface area is 90.5 Å². The molecular formula is C10H18ClN3. The van der Waals surface area contributed by atoms with Gasteiger partial charge in [0.15, 0.2) is 0 Å². The Morgan fingerprint density at radius 3 is 3.00 bits per heavy atom. The van der Waals surface area contributed by atoms with Gasteiger partial charge in [0.1, 0.15) is 12.2 Å². The molecule has 0 bridgehead atoms. The first-order valence-corrected chi connectivity index (χ1v) is 5.68. The molecule has 1 aromatic rings. The van der Waals surface area contributed by atoms with Gasteiger partial charge in [0.2, 0.25) is 0 Å². The second-order valence-electron chi connectivity index (χ2n) is 3.57. The molecule has 0 radical (unpaired) electrons. The highest BCUT2D eigenvalue weighted by Crippen LogP contribution is 2.08. The minimum absolute atomic E-state index is 0.262. The number of rotatable bonds is 6. The second kappa shape index (κ2) is 6.02. The number of hydrogen-bond donors (Lipinski definition) is 0. The van der Waals surface area contributed by atoms with Crippen LogP contribution in [0.3, 0.4) is 0 Å². The quantitative estimate of drug-likeness (QED) is 0.684. The predicted octanol–water partition coefficient (Wildman–Crippen LogP) is 2.64. The maximum atomic E-state index is 5.88. The standard InChI is InChI=1S/C10H18ClN3/c1-3-7-14-10(12-8-13-14)6-4-5-9(2)11/h8-9H,3-7H2,1-2H3. The molecule has 0 fully saturated rings. The van der Waals surface area contributed by atoms with Crippen molar-refractivity contribution in [2.75, 3.05) is 0 Å². The van der Waals surface area contributed by atoms with Crippen molar-refractivity contribution >= 4 is 11.6 Å². The lowest BCUT2D eigenvalue weighted by molar-refractivity contribution is 0.556. The van der Waals surface area contributed by atoms with E-state index in [4.69, 9.17) is 11.6 Å². The number of nitrogens with zero attached hydrogens (tertiary/aromatic N) is 3. The van der Waals surface area contributed by atoms with Gasteiger partial charge < -0.3 is 0 Å². The molecule has 0 aliphatic carbocycles. The van der Waals surface area contributed by atoms with Crippen LogP contribution >= 0.6 is 11.6 Å². The zero-order valence-corrected chi connectivity index (χ0v) is 9.67. The van der Waals surface area contributed by atoms with E-state index in [9.17, 15) is 0 Å². The lowest BCUT2D eigenvalue weighted by atomic mass is 10.2. The Balaban J connectivity index is 2.37. The van der Waals surface area contributed by atoms with E-state index in [0.717, 1.165) is 38.1 Å². The van der Waals surface area contributed by atoms with Crippen molar-refractivity contribution in [3.05, 3.63) is 12.2 Å². The third-order valence-electron chi connectivity index (χ3n) is 2.13. The molecule has 14 heavy (non-hydrogen) atoms. The summed E-state index contributed by atoms with van der Waals surface area (Å²) in [6.45, 7) is 5.14. The third-order valence-corrected chi connectivity index (χ3v) is 2.35. The van der Waals surface area contributed by atoms with E-state index in [0.29, 0.717) is 0 Å². The molecular weight excluding hydrogens is 198 g/mol. The molecule has 0 aliphatic rings. The second-order valence-corrected chi connectivity index (χ2v) is 4.32. The average Bonchev–Trinajstić information content (AvgIpc) is 2.53. The molecule has 80 valence electrons. The number of halogens is 1. The first-order valence-electron chi connectivity index (χ1n) is 5.24. The van der Waals surface area contributed by atoms with Crippen molar-refractivity contribution < 1.29 is 0 Å². The molecule has 0 saturated heterocycles. The Hall–Kier alpha value is -0.570. The molecule has 0 saturated carbocycles. The molecule has 1 atom stereocenters. The fraction of sp³-hybridized carbons (Fsp3) is 0.800. The van der Waals surface area contributed by atoms with E-state index in [-0.39, 0.29) is 5.38 Å². The summed E-state index contributed by atoms with van der Waals surface area (Å²) in [6.07, 6.45) is 5.85. The van der Waals surface area contributed by atoms with Gasteiger partial charge in [-0.05, 0) is 26.2 Å². The van der Waals surface area contributed by atoms with Crippen LogP contribution in [-0.2, 0) is 13.0 Å². The molecule has 1 heterocycles. The maximum absolute atomic E-state index is 5.88. The van der Waals surface area contributed by atoms with Crippen LogP contribution in [0.4, 0.5) is 0 Å². The SMILES string of the molecule is CCCn1ncnc1CCCC(C)Cl. The van der Waals surface area contributed by atoms with Gasteiger partial charge in [-0.3, -0.25) is 4.68 Å². The molecule has 1 aromatic heterocycles. The molecule has 0 N–H and O–H groups in total. The average molecular weight is 216 g/mol. The lowest BCUT2D eigenvalue weighted by Crippen LogP contribution is -2.06. The van der Waals surface area contributed by atoms with Gasteiger partial charge in [-0.15, -0.1) is 11.6 Å². The summed E-state index contributed by atoms with van der Waals surface area (Å²) in [5.74, 6) is 1.09. The summed E-state index contributed by atoms with van der Waals surface area (Å²) in [7, 11) is 0. The van der Waals surface area contributed by atoms with Crippen molar-refractivity contribution in [1.29, 1.82) is 0 Å². The van der Waals surface area contributed by atoms with Gasteiger partial charge in [-0.1, -0.05) is 6.92 Å². The van der Waals surface area contributed by atoms with Gasteiger partial charge in [-0.2, -0.15) is 5.10 Å². The number of aryl methyl sites for hydroxylation is 2. The Bertz CT molecular complexity index is 258. The highest BCUT2D eigenvalue weighted by molar-refractivity contribution is 6.20. The molecule has 1 rings (SSSR count). The zero-order chi connectivity index (χ0) is 10.4. The van der Waals surface area contributed by atoms with E-state index >= 15 is 0 Å². The number of hydrogen-bond acceptors (Lipinski definition) is 2.